The van der Waals surface area contributed by atoms with Gasteiger partial charge in [0.25, 0.3) is 5.91 Å². The first kappa shape index (κ1) is 14.3. The van der Waals surface area contributed by atoms with Crippen LogP contribution in [0.4, 0.5) is 5.13 Å². The van der Waals surface area contributed by atoms with E-state index in [-0.39, 0.29) is 5.91 Å². The highest BCUT2D eigenvalue weighted by atomic mass is 32.1. The Kier molecular flexibility index (Phi) is 3.34. The molecule has 2 heterocycles. The highest BCUT2D eigenvalue weighted by molar-refractivity contribution is 7.15. The number of fused-ring (bicyclic) bond motifs is 1. The van der Waals surface area contributed by atoms with Gasteiger partial charge in [0.1, 0.15) is 5.01 Å². The third-order valence-corrected chi connectivity index (χ3v) is 4.93. The van der Waals surface area contributed by atoms with E-state index in [0.717, 1.165) is 27.2 Å². The summed E-state index contributed by atoms with van der Waals surface area (Å²) in [4.78, 5) is 17.2. The Morgan fingerprint density at radius 1 is 1.22 bits per heavy atom. The van der Waals surface area contributed by atoms with Gasteiger partial charge < -0.3 is 0 Å². The fourth-order valence-electron chi connectivity index (χ4n) is 2.60. The molecule has 0 spiro atoms. The molecular weight excluding hydrogens is 308 g/mol. The van der Waals surface area contributed by atoms with Gasteiger partial charge in [-0.3, -0.25) is 15.1 Å². The van der Waals surface area contributed by atoms with Crippen molar-refractivity contribution in [2.75, 3.05) is 5.32 Å². The molecule has 6 heteroatoms. The Balaban J connectivity index is 1.69. The SMILES string of the molecule is Cc1ccc2nc(C)cc(C(=O)Nc3nnc(C4CC4)s3)c2c1. The molecule has 0 saturated heterocycles. The van der Waals surface area contributed by atoms with Crippen LogP contribution in [-0.2, 0) is 0 Å². The zero-order chi connectivity index (χ0) is 16.0. The molecule has 1 aliphatic carbocycles. The zero-order valence-electron chi connectivity index (χ0n) is 13.0. The van der Waals surface area contributed by atoms with Crippen molar-refractivity contribution in [2.24, 2.45) is 0 Å². The van der Waals surface area contributed by atoms with E-state index in [1.54, 1.807) is 0 Å². The minimum atomic E-state index is -0.162. The molecule has 1 N–H and O–H groups in total. The molecule has 5 nitrogen and oxygen atoms in total. The van der Waals surface area contributed by atoms with E-state index in [1.165, 1.54) is 24.2 Å². The Morgan fingerprint density at radius 2 is 2.04 bits per heavy atom. The summed E-state index contributed by atoms with van der Waals surface area (Å²) in [5.41, 5.74) is 3.38. The van der Waals surface area contributed by atoms with Crippen LogP contribution < -0.4 is 5.32 Å². The number of amides is 1. The lowest BCUT2D eigenvalue weighted by Gasteiger charge is -2.08. The van der Waals surface area contributed by atoms with Gasteiger partial charge in [-0.1, -0.05) is 23.0 Å². The van der Waals surface area contributed by atoms with E-state index in [4.69, 9.17) is 0 Å². The lowest BCUT2D eigenvalue weighted by Crippen LogP contribution is -2.13. The van der Waals surface area contributed by atoms with E-state index in [2.05, 4.69) is 20.5 Å². The summed E-state index contributed by atoms with van der Waals surface area (Å²) in [7, 11) is 0. The molecule has 23 heavy (non-hydrogen) atoms. The van der Waals surface area contributed by atoms with E-state index in [1.807, 2.05) is 38.1 Å². The average Bonchev–Trinajstić information content (AvgIpc) is 3.27. The van der Waals surface area contributed by atoms with Gasteiger partial charge in [0.2, 0.25) is 5.13 Å². The van der Waals surface area contributed by atoms with Gasteiger partial charge >= 0.3 is 0 Å². The smallest absolute Gasteiger partial charge is 0.258 e. The second kappa shape index (κ2) is 5.38. The largest absolute Gasteiger partial charge is 0.296 e. The van der Waals surface area contributed by atoms with E-state index in [0.29, 0.717) is 16.6 Å². The summed E-state index contributed by atoms with van der Waals surface area (Å²) in [5.74, 6) is 0.384. The van der Waals surface area contributed by atoms with E-state index < -0.39 is 0 Å². The van der Waals surface area contributed by atoms with Gasteiger partial charge in [0.05, 0.1) is 11.1 Å². The number of aryl methyl sites for hydroxylation is 2. The molecule has 1 aromatic carbocycles. The summed E-state index contributed by atoms with van der Waals surface area (Å²) >= 11 is 1.47. The molecule has 1 amide bonds. The highest BCUT2D eigenvalue weighted by Crippen LogP contribution is 2.42. The van der Waals surface area contributed by atoms with Crippen LogP contribution in [0.25, 0.3) is 10.9 Å². The Bertz CT molecular complexity index is 914. The number of anilines is 1. The van der Waals surface area contributed by atoms with Gasteiger partial charge in [-0.25, -0.2) is 0 Å². The maximum Gasteiger partial charge on any atom is 0.258 e. The van der Waals surface area contributed by atoms with Gasteiger partial charge in [-0.05, 0) is 44.9 Å². The van der Waals surface area contributed by atoms with Crippen molar-refractivity contribution in [1.29, 1.82) is 0 Å². The molecule has 2 aromatic heterocycles. The number of nitrogens with zero attached hydrogens (tertiary/aromatic N) is 3. The van der Waals surface area contributed by atoms with Crippen LogP contribution in [0.2, 0.25) is 0 Å². The molecule has 116 valence electrons. The predicted molar refractivity (Wildman–Crippen MR) is 91.1 cm³/mol. The van der Waals surface area contributed by atoms with Crippen LogP contribution in [-0.4, -0.2) is 21.1 Å². The Morgan fingerprint density at radius 3 is 2.83 bits per heavy atom. The topological polar surface area (TPSA) is 67.8 Å². The zero-order valence-corrected chi connectivity index (χ0v) is 13.8. The van der Waals surface area contributed by atoms with Crippen molar-refractivity contribution in [3.05, 3.63) is 46.1 Å². The molecule has 0 unspecified atom stereocenters. The molecule has 0 bridgehead atoms. The molecule has 3 aromatic rings. The maximum atomic E-state index is 12.7. The van der Waals surface area contributed by atoms with Crippen molar-refractivity contribution in [3.8, 4) is 0 Å². The number of nitrogens with one attached hydrogen (secondary N) is 1. The second-order valence-electron chi connectivity index (χ2n) is 6.01. The number of pyridine rings is 1. The molecular formula is C17H16N4OS. The van der Waals surface area contributed by atoms with Crippen molar-refractivity contribution in [2.45, 2.75) is 32.6 Å². The summed E-state index contributed by atoms with van der Waals surface area (Å²) in [6.45, 7) is 3.90. The lowest BCUT2D eigenvalue weighted by atomic mass is 10.0. The van der Waals surface area contributed by atoms with Crippen LogP contribution in [0.5, 0.6) is 0 Å². The summed E-state index contributed by atoms with van der Waals surface area (Å²) in [6.07, 6.45) is 2.35. The number of carbonyl (C=O) groups excluding carboxylic acids is 1. The average molecular weight is 324 g/mol. The third kappa shape index (κ3) is 2.82. The van der Waals surface area contributed by atoms with Crippen molar-refractivity contribution >= 4 is 33.3 Å². The summed E-state index contributed by atoms with van der Waals surface area (Å²) < 4.78 is 0. The van der Waals surface area contributed by atoms with Gasteiger partial charge in [0, 0.05) is 17.0 Å². The maximum absolute atomic E-state index is 12.7. The predicted octanol–water partition coefficient (Wildman–Crippen LogP) is 3.83. The van der Waals surface area contributed by atoms with E-state index >= 15 is 0 Å². The monoisotopic (exact) mass is 324 g/mol. The van der Waals surface area contributed by atoms with Crippen LogP contribution in [0.15, 0.2) is 24.3 Å². The van der Waals surface area contributed by atoms with Gasteiger partial charge in [0.15, 0.2) is 0 Å². The molecule has 1 fully saturated rings. The fourth-order valence-corrected chi connectivity index (χ4v) is 3.51. The Hall–Kier alpha value is -2.34. The minimum absolute atomic E-state index is 0.162. The summed E-state index contributed by atoms with van der Waals surface area (Å²) in [5, 5.41) is 13.6. The first-order valence-corrected chi connectivity index (χ1v) is 8.44. The molecule has 0 aliphatic heterocycles. The van der Waals surface area contributed by atoms with Crippen LogP contribution in [0.1, 0.15) is 45.4 Å². The van der Waals surface area contributed by atoms with Crippen LogP contribution in [0, 0.1) is 13.8 Å². The molecule has 0 radical (unpaired) electrons. The molecule has 4 rings (SSSR count). The second-order valence-corrected chi connectivity index (χ2v) is 7.01. The Labute approximate surface area is 137 Å². The molecule has 0 atom stereocenters. The summed E-state index contributed by atoms with van der Waals surface area (Å²) in [6, 6.07) is 7.76. The first-order chi connectivity index (χ1) is 11.1. The number of benzene rings is 1. The van der Waals surface area contributed by atoms with Gasteiger partial charge in [-0.15, -0.1) is 10.2 Å². The lowest BCUT2D eigenvalue weighted by molar-refractivity contribution is 0.102. The van der Waals surface area contributed by atoms with Crippen molar-refractivity contribution in [3.63, 3.8) is 0 Å². The first-order valence-electron chi connectivity index (χ1n) is 7.63. The fraction of sp³-hybridized carbons (Fsp3) is 0.294. The number of carbonyl (C=O) groups is 1. The van der Waals surface area contributed by atoms with Gasteiger partial charge in [-0.2, -0.15) is 0 Å². The van der Waals surface area contributed by atoms with E-state index in [9.17, 15) is 4.79 Å². The minimum Gasteiger partial charge on any atom is -0.296 e. The number of hydrogen-bond donors (Lipinski definition) is 1. The highest BCUT2D eigenvalue weighted by Gasteiger charge is 2.28. The quantitative estimate of drug-likeness (QED) is 0.795. The standard InChI is InChI=1S/C17H16N4OS/c1-9-3-6-14-12(7-9)13(8-10(2)18-14)15(22)19-17-21-20-16(23-17)11-4-5-11/h3,6-8,11H,4-5H2,1-2H3,(H,19,21,22). The van der Waals surface area contributed by atoms with Crippen LogP contribution >= 0.6 is 11.3 Å². The normalized spacial score (nSPS) is 14.2. The molecule has 1 saturated carbocycles. The van der Waals surface area contributed by atoms with Crippen molar-refractivity contribution < 1.29 is 4.79 Å². The number of rotatable bonds is 3. The number of hydrogen-bond acceptors (Lipinski definition) is 5. The third-order valence-electron chi connectivity index (χ3n) is 3.92. The van der Waals surface area contributed by atoms with Crippen molar-refractivity contribution in [1.82, 2.24) is 15.2 Å². The van der Waals surface area contributed by atoms with Crippen LogP contribution in [0.3, 0.4) is 0 Å². The molecule has 1 aliphatic rings. The number of aromatic nitrogens is 3.